The van der Waals surface area contributed by atoms with Crippen molar-refractivity contribution in [1.82, 2.24) is 10.2 Å². The van der Waals surface area contributed by atoms with Gasteiger partial charge in [-0.05, 0) is 42.5 Å². The average molecular weight is 467 g/mol. The van der Waals surface area contributed by atoms with Crippen molar-refractivity contribution in [2.24, 2.45) is 5.92 Å². The molecule has 1 saturated heterocycles. The molecule has 2 N–H and O–H groups in total. The predicted molar refractivity (Wildman–Crippen MR) is 125 cm³/mol. The first-order valence-corrected chi connectivity index (χ1v) is 11.4. The summed E-state index contributed by atoms with van der Waals surface area (Å²) in [6.45, 7) is 3.71. The van der Waals surface area contributed by atoms with Crippen LogP contribution in [0, 0.1) is 5.92 Å². The summed E-state index contributed by atoms with van der Waals surface area (Å²) < 4.78 is 11.2. The molecule has 8 heteroatoms. The van der Waals surface area contributed by atoms with Crippen molar-refractivity contribution in [1.29, 1.82) is 0 Å². The maximum atomic E-state index is 12.9. The Morgan fingerprint density at radius 1 is 1.09 bits per heavy atom. The second-order valence-electron chi connectivity index (χ2n) is 9.31. The number of benzene rings is 2. The van der Waals surface area contributed by atoms with Crippen molar-refractivity contribution in [3.8, 4) is 11.1 Å². The van der Waals surface area contributed by atoms with Crippen LogP contribution in [-0.2, 0) is 19.1 Å². The number of fused-ring (bicyclic) bond motifs is 3. The van der Waals surface area contributed by atoms with Crippen LogP contribution in [0.3, 0.4) is 0 Å². The standard InChI is InChI=1S/C26H30N2O6/c1-26(2,24(30)31)28(3)23(29)22-16(12-13-33-22)14-27-25(32)34-15-21-19-10-6-4-8-17(19)18-9-5-7-11-20(18)21/h4-11,16,21-22H,12-15H2,1-3H3,(H,27,32)(H,30,31). The number of carbonyl (C=O) groups excluding carboxylic acids is 2. The van der Waals surface area contributed by atoms with Gasteiger partial charge in [0.25, 0.3) is 5.91 Å². The van der Waals surface area contributed by atoms with Gasteiger partial charge in [-0.3, -0.25) is 4.79 Å². The second-order valence-corrected chi connectivity index (χ2v) is 9.31. The van der Waals surface area contributed by atoms with Crippen LogP contribution in [0.1, 0.15) is 37.3 Å². The number of hydrogen-bond acceptors (Lipinski definition) is 5. The van der Waals surface area contributed by atoms with E-state index in [-0.39, 0.29) is 25.0 Å². The number of nitrogens with zero attached hydrogens (tertiary/aromatic N) is 1. The highest BCUT2D eigenvalue weighted by molar-refractivity contribution is 5.88. The molecule has 2 aromatic rings. The fourth-order valence-electron chi connectivity index (χ4n) is 4.59. The molecule has 180 valence electrons. The molecule has 1 heterocycles. The minimum absolute atomic E-state index is 0.0332. The van der Waals surface area contributed by atoms with Gasteiger partial charge in [0.05, 0.1) is 0 Å². The molecule has 2 atom stereocenters. The van der Waals surface area contributed by atoms with Crippen LogP contribution in [-0.4, -0.2) is 66.4 Å². The monoisotopic (exact) mass is 466 g/mol. The quantitative estimate of drug-likeness (QED) is 0.649. The smallest absolute Gasteiger partial charge is 0.407 e. The first kappa shape index (κ1) is 23.8. The molecule has 1 aliphatic heterocycles. The molecule has 0 saturated carbocycles. The average Bonchev–Trinajstić information content (AvgIpc) is 3.43. The molecule has 2 unspecified atom stereocenters. The van der Waals surface area contributed by atoms with Crippen molar-refractivity contribution < 1.29 is 29.0 Å². The van der Waals surface area contributed by atoms with Crippen molar-refractivity contribution in [3.63, 3.8) is 0 Å². The van der Waals surface area contributed by atoms with Crippen LogP contribution in [0.2, 0.25) is 0 Å². The van der Waals surface area contributed by atoms with Gasteiger partial charge in [-0.2, -0.15) is 0 Å². The second kappa shape index (κ2) is 9.46. The van der Waals surface area contributed by atoms with E-state index in [0.717, 1.165) is 22.3 Å². The lowest BCUT2D eigenvalue weighted by atomic mass is 9.97. The lowest BCUT2D eigenvalue weighted by molar-refractivity contribution is -0.160. The Morgan fingerprint density at radius 2 is 1.68 bits per heavy atom. The highest BCUT2D eigenvalue weighted by Gasteiger charge is 2.42. The van der Waals surface area contributed by atoms with Crippen LogP contribution in [0.15, 0.2) is 48.5 Å². The van der Waals surface area contributed by atoms with Gasteiger partial charge in [0.1, 0.15) is 18.2 Å². The van der Waals surface area contributed by atoms with E-state index < -0.39 is 29.6 Å². The lowest BCUT2D eigenvalue weighted by Crippen LogP contribution is -2.55. The molecule has 1 fully saturated rings. The van der Waals surface area contributed by atoms with E-state index in [1.807, 2.05) is 24.3 Å². The summed E-state index contributed by atoms with van der Waals surface area (Å²) in [4.78, 5) is 38.1. The molecule has 8 nitrogen and oxygen atoms in total. The Balaban J connectivity index is 1.34. The third-order valence-electron chi connectivity index (χ3n) is 7.00. The number of amides is 2. The van der Waals surface area contributed by atoms with Gasteiger partial charge in [0, 0.05) is 32.0 Å². The van der Waals surface area contributed by atoms with Crippen LogP contribution in [0.5, 0.6) is 0 Å². The van der Waals surface area contributed by atoms with E-state index in [0.29, 0.717) is 13.0 Å². The zero-order valence-corrected chi connectivity index (χ0v) is 19.6. The van der Waals surface area contributed by atoms with Crippen LogP contribution in [0.4, 0.5) is 4.79 Å². The summed E-state index contributed by atoms with van der Waals surface area (Å²) in [5, 5.41) is 12.2. The third-order valence-corrected chi connectivity index (χ3v) is 7.00. The number of nitrogens with one attached hydrogen (secondary N) is 1. The van der Waals surface area contributed by atoms with Crippen molar-refractivity contribution in [2.45, 2.75) is 37.8 Å². The van der Waals surface area contributed by atoms with Gasteiger partial charge < -0.3 is 24.8 Å². The summed E-state index contributed by atoms with van der Waals surface area (Å²) in [5.41, 5.74) is 3.22. The normalized spacial score (nSPS) is 19.3. The number of likely N-dealkylation sites (N-methyl/N-ethyl adjacent to an activating group) is 1. The van der Waals surface area contributed by atoms with Crippen molar-refractivity contribution in [3.05, 3.63) is 59.7 Å². The molecule has 2 aromatic carbocycles. The van der Waals surface area contributed by atoms with E-state index >= 15 is 0 Å². The highest BCUT2D eigenvalue weighted by Crippen LogP contribution is 2.44. The molecule has 1 aliphatic carbocycles. The van der Waals surface area contributed by atoms with Crippen LogP contribution in [0.25, 0.3) is 11.1 Å². The van der Waals surface area contributed by atoms with E-state index in [9.17, 15) is 19.5 Å². The van der Waals surface area contributed by atoms with E-state index in [4.69, 9.17) is 9.47 Å². The predicted octanol–water partition coefficient (Wildman–Crippen LogP) is 3.25. The zero-order valence-electron chi connectivity index (χ0n) is 19.6. The first-order valence-electron chi connectivity index (χ1n) is 11.4. The topological polar surface area (TPSA) is 105 Å². The molecule has 2 amide bonds. The van der Waals surface area contributed by atoms with E-state index in [2.05, 4.69) is 29.6 Å². The third kappa shape index (κ3) is 4.37. The van der Waals surface area contributed by atoms with E-state index in [1.54, 1.807) is 0 Å². The Hall–Kier alpha value is -3.39. The highest BCUT2D eigenvalue weighted by atomic mass is 16.5. The van der Waals surface area contributed by atoms with Crippen LogP contribution < -0.4 is 5.32 Å². The fourth-order valence-corrected chi connectivity index (χ4v) is 4.59. The maximum Gasteiger partial charge on any atom is 0.407 e. The summed E-state index contributed by atoms with van der Waals surface area (Å²) in [6, 6.07) is 16.2. The van der Waals surface area contributed by atoms with Crippen molar-refractivity contribution >= 4 is 18.0 Å². The SMILES string of the molecule is CN(C(=O)C1OCCC1CNC(=O)OCC1c2ccccc2-c2ccccc21)C(C)(C)C(=O)O. The summed E-state index contributed by atoms with van der Waals surface area (Å²) >= 11 is 0. The van der Waals surface area contributed by atoms with Gasteiger partial charge in [-0.25, -0.2) is 9.59 Å². The number of carboxylic acid groups (broad SMARTS) is 1. The molecule has 2 aliphatic rings. The zero-order chi connectivity index (χ0) is 24.5. The molecule has 0 bridgehead atoms. The van der Waals surface area contributed by atoms with Gasteiger partial charge in [0.15, 0.2) is 0 Å². The van der Waals surface area contributed by atoms with Gasteiger partial charge in [0.2, 0.25) is 0 Å². The minimum atomic E-state index is -1.37. The number of hydrogen-bond donors (Lipinski definition) is 2. The van der Waals surface area contributed by atoms with E-state index in [1.165, 1.54) is 25.8 Å². The Morgan fingerprint density at radius 3 is 2.26 bits per heavy atom. The molecule has 4 rings (SSSR count). The number of rotatable bonds is 7. The molecule has 0 aromatic heterocycles. The first-order chi connectivity index (χ1) is 16.2. The molecule has 34 heavy (non-hydrogen) atoms. The largest absolute Gasteiger partial charge is 0.480 e. The molecular weight excluding hydrogens is 436 g/mol. The van der Waals surface area contributed by atoms with Gasteiger partial charge in [-0.1, -0.05) is 48.5 Å². The number of ether oxygens (including phenoxy) is 2. The fraction of sp³-hybridized carbons (Fsp3) is 0.423. The maximum absolute atomic E-state index is 12.9. The lowest BCUT2D eigenvalue weighted by Gasteiger charge is -2.34. The Bertz CT molecular complexity index is 1050. The molecule has 0 spiro atoms. The molecule has 0 radical (unpaired) electrons. The van der Waals surface area contributed by atoms with Crippen molar-refractivity contribution in [2.75, 3.05) is 26.8 Å². The number of carboxylic acids is 1. The summed E-state index contributed by atoms with van der Waals surface area (Å²) in [6.07, 6.45) is -0.779. The Labute approximate surface area is 198 Å². The molecular formula is C26H30N2O6. The summed E-state index contributed by atoms with van der Waals surface area (Å²) in [7, 11) is 1.45. The van der Waals surface area contributed by atoms with Gasteiger partial charge >= 0.3 is 12.1 Å². The summed E-state index contributed by atoms with van der Waals surface area (Å²) in [5.74, 6) is -1.81. The number of carbonyl (C=O) groups is 3. The van der Waals surface area contributed by atoms with Gasteiger partial charge in [-0.15, -0.1) is 0 Å². The Kier molecular flexibility index (Phi) is 6.61. The van der Waals surface area contributed by atoms with Crippen LogP contribution >= 0.6 is 0 Å². The number of alkyl carbamates (subject to hydrolysis) is 1. The minimum Gasteiger partial charge on any atom is -0.480 e. The number of aliphatic carboxylic acids is 1.